The van der Waals surface area contributed by atoms with E-state index in [1.54, 1.807) is 0 Å². The number of amides is 1. The zero-order valence-corrected chi connectivity index (χ0v) is 14.4. The van der Waals surface area contributed by atoms with Crippen LogP contribution in [0, 0.1) is 5.92 Å². The van der Waals surface area contributed by atoms with Crippen LogP contribution < -0.4 is 5.32 Å². The van der Waals surface area contributed by atoms with Crippen LogP contribution in [-0.4, -0.2) is 68.8 Å². The van der Waals surface area contributed by atoms with Crippen LogP contribution >= 0.6 is 23.5 Å². The van der Waals surface area contributed by atoms with Gasteiger partial charge in [0.2, 0.25) is 11.7 Å². The van der Waals surface area contributed by atoms with Crippen molar-refractivity contribution in [1.29, 1.82) is 0 Å². The van der Waals surface area contributed by atoms with E-state index in [1.807, 2.05) is 0 Å². The van der Waals surface area contributed by atoms with Gasteiger partial charge in [-0.05, 0) is 6.92 Å². The normalized spacial score (nSPS) is 30.4. The Labute approximate surface area is 148 Å². The van der Waals surface area contributed by atoms with Crippen molar-refractivity contribution in [3.8, 4) is 0 Å². The van der Waals surface area contributed by atoms with E-state index in [-0.39, 0.29) is 24.0 Å². The lowest BCUT2D eigenvalue weighted by molar-refractivity contribution is -0.156. The van der Waals surface area contributed by atoms with Gasteiger partial charge in [-0.25, -0.2) is 4.79 Å². The molecule has 25 heavy (non-hydrogen) atoms. The van der Waals surface area contributed by atoms with Gasteiger partial charge in [0.15, 0.2) is 5.70 Å². The highest BCUT2D eigenvalue weighted by molar-refractivity contribution is 8.23. The monoisotopic (exact) mass is 397 g/mol. The third-order valence-corrected chi connectivity index (χ3v) is 6.75. The van der Waals surface area contributed by atoms with Gasteiger partial charge in [0.1, 0.15) is 5.37 Å². The van der Waals surface area contributed by atoms with Crippen molar-refractivity contribution < 1.29 is 33.0 Å². The predicted molar refractivity (Wildman–Crippen MR) is 85.8 cm³/mol. The molecule has 3 rings (SSSR count). The van der Waals surface area contributed by atoms with Crippen LogP contribution in [0.3, 0.4) is 0 Å². The molecule has 1 unspecified atom stereocenters. The highest BCUT2D eigenvalue weighted by Crippen LogP contribution is 2.54. The topological polar surface area (TPSA) is 102 Å². The van der Waals surface area contributed by atoms with Crippen molar-refractivity contribution in [2.45, 2.75) is 29.8 Å². The second-order valence-corrected chi connectivity index (χ2v) is 8.43. The average molecular weight is 397 g/mol. The molecular weight excluding hydrogens is 383 g/mol. The number of halogens is 3. The molecular formula is C13H14F3N3O4S2. The number of nitrogens with zero attached hydrogens (tertiary/aromatic N) is 2. The first-order chi connectivity index (χ1) is 11.6. The molecule has 138 valence electrons. The molecule has 12 heteroatoms. The molecule has 3 aliphatic heterocycles. The van der Waals surface area contributed by atoms with Gasteiger partial charge in [0, 0.05) is 11.8 Å². The Morgan fingerprint density at radius 2 is 2.20 bits per heavy atom. The molecule has 1 saturated heterocycles. The van der Waals surface area contributed by atoms with Gasteiger partial charge in [0.25, 0.3) is 0 Å². The molecule has 0 aromatic carbocycles. The number of aliphatic hydroxyl groups excluding tert-OH is 1. The highest BCUT2D eigenvalue weighted by atomic mass is 32.2. The van der Waals surface area contributed by atoms with Gasteiger partial charge in [-0.3, -0.25) is 14.7 Å². The number of amidine groups is 1. The number of hydrogen-bond acceptors (Lipinski definition) is 7. The first kappa shape index (κ1) is 18.4. The summed E-state index contributed by atoms with van der Waals surface area (Å²) in [6.45, 7) is 1.34. The summed E-state index contributed by atoms with van der Waals surface area (Å²) < 4.78 is 38.0. The largest absolute Gasteiger partial charge is 0.477 e. The number of β-lactam (4-membered cyclic amide) rings is 1. The minimum absolute atomic E-state index is 0.0155. The number of hydrogen-bond donors (Lipinski definition) is 3. The van der Waals surface area contributed by atoms with Crippen molar-refractivity contribution in [2.24, 2.45) is 10.9 Å². The van der Waals surface area contributed by atoms with E-state index in [2.05, 4.69) is 10.3 Å². The summed E-state index contributed by atoms with van der Waals surface area (Å²) in [5, 5.41) is 20.4. The molecule has 7 nitrogen and oxygen atoms in total. The number of thioether (sulfide) groups is 2. The summed E-state index contributed by atoms with van der Waals surface area (Å²) in [6, 6.07) is 0. The fourth-order valence-electron chi connectivity index (χ4n) is 2.78. The van der Waals surface area contributed by atoms with Crippen LogP contribution in [-0.2, 0) is 9.59 Å². The van der Waals surface area contributed by atoms with E-state index in [0.717, 1.165) is 28.4 Å². The zero-order chi connectivity index (χ0) is 18.5. The lowest BCUT2D eigenvalue weighted by Crippen LogP contribution is -2.60. The van der Waals surface area contributed by atoms with Gasteiger partial charge in [-0.1, -0.05) is 11.8 Å². The van der Waals surface area contributed by atoms with Crippen LogP contribution in [0.25, 0.3) is 0 Å². The number of carbonyl (C=O) groups is 2. The quantitative estimate of drug-likeness (QED) is 0.604. The molecule has 1 fully saturated rings. The number of rotatable bonds is 4. The summed E-state index contributed by atoms with van der Waals surface area (Å²) in [6.07, 6.45) is -5.44. The lowest BCUT2D eigenvalue weighted by atomic mass is 9.92. The molecule has 4 atom stereocenters. The van der Waals surface area contributed by atoms with Gasteiger partial charge < -0.3 is 15.5 Å². The van der Waals surface area contributed by atoms with Gasteiger partial charge in [0.05, 0.1) is 22.8 Å². The van der Waals surface area contributed by atoms with E-state index in [1.165, 1.54) is 6.92 Å². The fourth-order valence-corrected chi connectivity index (χ4v) is 5.94. The minimum atomic E-state index is -4.54. The van der Waals surface area contributed by atoms with Crippen LogP contribution in [0.5, 0.6) is 0 Å². The minimum Gasteiger partial charge on any atom is -0.477 e. The summed E-state index contributed by atoms with van der Waals surface area (Å²) in [5.74, 6) is -3.46. The van der Waals surface area contributed by atoms with E-state index < -0.39 is 41.3 Å². The summed E-state index contributed by atoms with van der Waals surface area (Å²) in [5.41, 5.74) is -0.174. The number of nitrogens with one attached hydrogen (secondary N) is 1. The molecule has 0 spiro atoms. The van der Waals surface area contributed by atoms with Crippen molar-refractivity contribution in [3.63, 3.8) is 0 Å². The first-order valence-electron chi connectivity index (χ1n) is 7.28. The Balaban J connectivity index is 1.74. The van der Waals surface area contributed by atoms with Crippen LogP contribution in [0.2, 0.25) is 0 Å². The highest BCUT2D eigenvalue weighted by Gasteiger charge is 2.58. The molecule has 0 aromatic heterocycles. The molecule has 0 aliphatic carbocycles. The third-order valence-electron chi connectivity index (χ3n) is 3.96. The van der Waals surface area contributed by atoms with Crippen molar-refractivity contribution >= 4 is 41.2 Å². The zero-order valence-electron chi connectivity index (χ0n) is 12.8. The number of fused-ring (bicyclic) bond motifs is 1. The molecule has 1 amide bonds. The number of aliphatic carboxylic acids is 1. The maximum atomic E-state index is 12.6. The molecule has 3 aliphatic rings. The maximum absolute atomic E-state index is 12.6. The summed E-state index contributed by atoms with van der Waals surface area (Å²) >= 11 is 2.24. The lowest BCUT2D eigenvalue weighted by Gasteiger charge is -2.43. The number of carboxylic acid groups (broad SMARTS) is 1. The predicted octanol–water partition coefficient (Wildman–Crippen LogP) is 0.818. The van der Waals surface area contributed by atoms with E-state index in [4.69, 9.17) is 0 Å². The Kier molecular flexibility index (Phi) is 4.71. The van der Waals surface area contributed by atoms with Crippen LogP contribution in [0.15, 0.2) is 14.9 Å². The van der Waals surface area contributed by atoms with Crippen molar-refractivity contribution in [3.05, 3.63) is 9.93 Å². The smallest absolute Gasteiger partial charge is 0.448 e. The Hall–Kier alpha value is -1.40. The van der Waals surface area contributed by atoms with E-state index >= 15 is 0 Å². The number of aliphatic imine (C=N–C) groups is 1. The Morgan fingerprint density at radius 3 is 2.68 bits per heavy atom. The first-order valence-corrected chi connectivity index (χ1v) is 9.04. The summed E-state index contributed by atoms with van der Waals surface area (Å²) in [7, 11) is 0. The van der Waals surface area contributed by atoms with Crippen LogP contribution in [0.4, 0.5) is 13.2 Å². The van der Waals surface area contributed by atoms with Crippen molar-refractivity contribution in [2.75, 3.05) is 13.1 Å². The fraction of sp³-hybridized carbons (Fsp3) is 0.615. The van der Waals surface area contributed by atoms with Gasteiger partial charge in [-0.15, -0.1) is 11.8 Å². The number of alkyl halides is 3. The van der Waals surface area contributed by atoms with Gasteiger partial charge >= 0.3 is 12.1 Å². The summed E-state index contributed by atoms with van der Waals surface area (Å²) in [4.78, 5) is 28.2. The molecule has 0 aromatic rings. The average Bonchev–Trinajstić information content (AvgIpc) is 2.81. The Bertz CT molecular complexity index is 680. The molecule has 0 saturated carbocycles. The second kappa shape index (κ2) is 6.40. The number of carbonyl (C=O) groups excluding carboxylic acids is 1. The third kappa shape index (κ3) is 3.22. The molecule has 3 N–H and O–H groups in total. The molecule has 0 radical (unpaired) electrons. The molecule has 0 bridgehead atoms. The van der Waals surface area contributed by atoms with Gasteiger partial charge in [-0.2, -0.15) is 13.2 Å². The van der Waals surface area contributed by atoms with E-state index in [9.17, 15) is 33.0 Å². The number of carboxylic acids is 1. The SMILES string of the molecule is C[C@@H](O)[C@H]1C(=O)N2C(C(=O)O)=C(SC3CN=C(C(F)(F)F)NC3)S[C@H]12. The second-order valence-electron chi connectivity index (χ2n) is 5.73. The standard InChI is InChI=1S/C13H14F3N3O4S2/c1-4(20)6-8(21)19-7(10(22)23)11(25-9(6)19)24-5-2-17-12(18-3-5)13(14,15)16/h4-6,9,20H,2-3H2,1H3,(H,17,18)(H,22,23)/t4-,6+,9-/m1/s1. The van der Waals surface area contributed by atoms with Crippen molar-refractivity contribution in [1.82, 2.24) is 10.2 Å². The maximum Gasteiger partial charge on any atom is 0.448 e. The Morgan fingerprint density at radius 1 is 1.52 bits per heavy atom. The molecule has 3 heterocycles. The van der Waals surface area contributed by atoms with Crippen LogP contribution in [0.1, 0.15) is 6.92 Å². The number of aliphatic hydroxyl groups is 1. The van der Waals surface area contributed by atoms with E-state index in [0.29, 0.717) is 4.24 Å².